The first kappa shape index (κ1) is 12.6. The lowest BCUT2D eigenvalue weighted by molar-refractivity contribution is 0.0699. The predicted octanol–water partition coefficient (Wildman–Crippen LogP) is 3.31. The number of carbonyl (C=O) groups is 1. The Kier molecular flexibility index (Phi) is 2.67. The summed E-state index contributed by atoms with van der Waals surface area (Å²) in [5.74, 6) is -0.892. The predicted molar refractivity (Wildman–Crippen MR) is 81.8 cm³/mol. The molecule has 21 heavy (non-hydrogen) atoms. The molecule has 0 atom stereocenters. The van der Waals surface area contributed by atoms with E-state index in [2.05, 4.69) is 16.0 Å². The maximum absolute atomic E-state index is 11.4. The molecule has 4 rings (SSSR count). The van der Waals surface area contributed by atoms with Crippen molar-refractivity contribution in [1.82, 2.24) is 4.98 Å². The van der Waals surface area contributed by atoms with E-state index in [0.717, 1.165) is 29.7 Å². The smallest absolute Gasteiger partial charge is 0.336 e. The number of anilines is 1. The molecule has 0 amide bonds. The summed E-state index contributed by atoms with van der Waals surface area (Å²) in [6.07, 6.45) is 6.83. The van der Waals surface area contributed by atoms with Gasteiger partial charge in [-0.05, 0) is 55.4 Å². The average Bonchev–Trinajstić information content (AvgIpc) is 3.24. The zero-order valence-electron chi connectivity index (χ0n) is 11.9. The molecule has 2 fully saturated rings. The van der Waals surface area contributed by atoms with E-state index in [0.29, 0.717) is 11.0 Å². The second-order valence-corrected chi connectivity index (χ2v) is 6.39. The van der Waals surface area contributed by atoms with Gasteiger partial charge >= 0.3 is 5.97 Å². The van der Waals surface area contributed by atoms with E-state index < -0.39 is 5.97 Å². The van der Waals surface area contributed by atoms with Crippen molar-refractivity contribution >= 4 is 22.6 Å². The van der Waals surface area contributed by atoms with E-state index in [4.69, 9.17) is 0 Å². The number of hydrogen-bond acceptors (Lipinski definition) is 3. The quantitative estimate of drug-likeness (QED) is 0.918. The lowest BCUT2D eigenvalue weighted by Crippen LogP contribution is -2.36. The lowest BCUT2D eigenvalue weighted by atomic mass is 9.94. The molecule has 2 aliphatic rings. The monoisotopic (exact) mass is 282 g/mol. The van der Waals surface area contributed by atoms with E-state index >= 15 is 0 Å². The molecule has 1 aromatic carbocycles. The highest BCUT2D eigenvalue weighted by atomic mass is 16.4. The zero-order valence-corrected chi connectivity index (χ0v) is 11.9. The summed E-state index contributed by atoms with van der Waals surface area (Å²) >= 11 is 0. The van der Waals surface area contributed by atoms with Gasteiger partial charge in [0.2, 0.25) is 0 Å². The highest BCUT2D eigenvalue weighted by Gasteiger charge is 2.45. The van der Waals surface area contributed by atoms with Gasteiger partial charge in [-0.25, -0.2) is 4.79 Å². The minimum atomic E-state index is -0.892. The number of aromatic nitrogens is 1. The molecule has 108 valence electrons. The summed E-state index contributed by atoms with van der Waals surface area (Å²) in [5, 5.41) is 10.1. The van der Waals surface area contributed by atoms with Gasteiger partial charge in [-0.3, -0.25) is 4.98 Å². The Morgan fingerprint density at radius 3 is 2.86 bits per heavy atom. The van der Waals surface area contributed by atoms with E-state index in [1.54, 1.807) is 12.3 Å². The lowest BCUT2D eigenvalue weighted by Gasteiger charge is -2.34. The molecule has 4 heteroatoms. The van der Waals surface area contributed by atoms with Crippen LogP contribution in [0.5, 0.6) is 0 Å². The third-order valence-electron chi connectivity index (χ3n) is 4.94. The van der Waals surface area contributed by atoms with E-state index in [1.165, 1.54) is 25.7 Å². The maximum atomic E-state index is 11.4. The Hall–Kier alpha value is -2.10. The fraction of sp³-hybridized carbons (Fsp3) is 0.412. The van der Waals surface area contributed by atoms with Crippen LogP contribution in [-0.2, 0) is 0 Å². The standard InChI is InChI=1S/C17H18N2O2/c20-16(21)13-4-8-18-15-3-2-12(10-14(13)15)19-9-1-5-17(11-19)6-7-17/h2-4,8,10H,1,5-7,9,11H2,(H,20,21). The molecular formula is C17H18N2O2. The molecule has 1 aliphatic carbocycles. The molecule has 0 unspecified atom stereocenters. The topological polar surface area (TPSA) is 53.4 Å². The first-order valence-corrected chi connectivity index (χ1v) is 7.54. The SMILES string of the molecule is O=C(O)c1ccnc2ccc(N3CCCC4(CC4)C3)cc12. The van der Waals surface area contributed by atoms with Crippen molar-refractivity contribution in [3.63, 3.8) is 0 Å². The highest BCUT2D eigenvalue weighted by molar-refractivity contribution is 6.03. The molecule has 1 aliphatic heterocycles. The number of pyridine rings is 1. The normalized spacial score (nSPS) is 19.9. The fourth-order valence-corrected chi connectivity index (χ4v) is 3.53. The molecule has 2 heterocycles. The van der Waals surface area contributed by atoms with Crippen molar-refractivity contribution in [2.75, 3.05) is 18.0 Å². The minimum absolute atomic E-state index is 0.333. The van der Waals surface area contributed by atoms with Crippen LogP contribution in [0.2, 0.25) is 0 Å². The van der Waals surface area contributed by atoms with Crippen molar-refractivity contribution in [2.45, 2.75) is 25.7 Å². The van der Waals surface area contributed by atoms with Crippen molar-refractivity contribution in [3.05, 3.63) is 36.0 Å². The van der Waals surface area contributed by atoms with Gasteiger partial charge in [0.15, 0.2) is 0 Å². The third-order valence-corrected chi connectivity index (χ3v) is 4.94. The number of hydrogen-bond donors (Lipinski definition) is 1. The summed E-state index contributed by atoms with van der Waals surface area (Å²) in [5.41, 5.74) is 2.76. The van der Waals surface area contributed by atoms with Crippen LogP contribution in [0.15, 0.2) is 30.5 Å². The Labute approximate surface area is 123 Å². The summed E-state index contributed by atoms with van der Waals surface area (Å²) in [6, 6.07) is 7.58. The first-order chi connectivity index (χ1) is 10.2. The van der Waals surface area contributed by atoms with Crippen LogP contribution in [0.25, 0.3) is 10.9 Å². The van der Waals surface area contributed by atoms with Gasteiger partial charge in [0.05, 0.1) is 11.1 Å². The van der Waals surface area contributed by atoms with Crippen LogP contribution in [0.3, 0.4) is 0 Å². The third kappa shape index (κ3) is 2.15. The fourth-order valence-electron chi connectivity index (χ4n) is 3.53. The van der Waals surface area contributed by atoms with Gasteiger partial charge in [-0.1, -0.05) is 0 Å². The summed E-state index contributed by atoms with van der Waals surface area (Å²) in [7, 11) is 0. The van der Waals surface area contributed by atoms with Crippen LogP contribution in [0.4, 0.5) is 5.69 Å². The van der Waals surface area contributed by atoms with Crippen LogP contribution in [-0.4, -0.2) is 29.1 Å². The molecule has 1 saturated carbocycles. The molecular weight excluding hydrogens is 264 g/mol. The molecule has 1 spiro atoms. The zero-order chi connectivity index (χ0) is 14.4. The van der Waals surface area contributed by atoms with Gasteiger partial charge in [0.1, 0.15) is 0 Å². The number of rotatable bonds is 2. The number of fused-ring (bicyclic) bond motifs is 1. The van der Waals surface area contributed by atoms with Crippen molar-refractivity contribution in [1.29, 1.82) is 0 Å². The van der Waals surface area contributed by atoms with Crippen molar-refractivity contribution in [2.24, 2.45) is 5.41 Å². The maximum Gasteiger partial charge on any atom is 0.336 e. The second kappa shape index (κ2) is 4.45. The van der Waals surface area contributed by atoms with Gasteiger partial charge in [-0.2, -0.15) is 0 Å². The second-order valence-electron chi connectivity index (χ2n) is 6.39. The molecule has 1 saturated heterocycles. The van der Waals surface area contributed by atoms with E-state index in [1.807, 2.05) is 12.1 Å². The summed E-state index contributed by atoms with van der Waals surface area (Å²) in [6.45, 7) is 2.18. The Balaban J connectivity index is 1.75. The number of aromatic carboxylic acids is 1. The summed E-state index contributed by atoms with van der Waals surface area (Å²) < 4.78 is 0. The number of carboxylic acids is 1. The van der Waals surface area contributed by atoms with Gasteiger partial charge in [0, 0.05) is 30.4 Å². The molecule has 4 nitrogen and oxygen atoms in total. The minimum Gasteiger partial charge on any atom is -0.478 e. The Bertz CT molecular complexity index is 722. The highest BCUT2D eigenvalue weighted by Crippen LogP contribution is 2.52. The van der Waals surface area contributed by atoms with Crippen LogP contribution in [0, 0.1) is 5.41 Å². The molecule has 2 aromatic rings. The molecule has 1 N–H and O–H groups in total. The van der Waals surface area contributed by atoms with Crippen LogP contribution < -0.4 is 4.90 Å². The molecule has 0 bridgehead atoms. The van der Waals surface area contributed by atoms with Gasteiger partial charge in [-0.15, -0.1) is 0 Å². The van der Waals surface area contributed by atoms with Gasteiger partial charge < -0.3 is 10.0 Å². The number of piperidine rings is 1. The van der Waals surface area contributed by atoms with E-state index in [-0.39, 0.29) is 0 Å². The number of benzene rings is 1. The van der Waals surface area contributed by atoms with Gasteiger partial charge in [0.25, 0.3) is 0 Å². The number of carboxylic acid groups (broad SMARTS) is 1. The first-order valence-electron chi connectivity index (χ1n) is 7.54. The largest absolute Gasteiger partial charge is 0.478 e. The van der Waals surface area contributed by atoms with Crippen LogP contribution >= 0.6 is 0 Å². The number of nitrogens with zero attached hydrogens (tertiary/aromatic N) is 2. The molecule has 1 aromatic heterocycles. The molecule has 0 radical (unpaired) electrons. The van der Waals surface area contributed by atoms with Crippen LogP contribution in [0.1, 0.15) is 36.0 Å². The van der Waals surface area contributed by atoms with Crippen molar-refractivity contribution in [3.8, 4) is 0 Å². The summed E-state index contributed by atoms with van der Waals surface area (Å²) in [4.78, 5) is 18.1. The van der Waals surface area contributed by atoms with Crippen molar-refractivity contribution < 1.29 is 9.90 Å². The Morgan fingerprint density at radius 1 is 1.24 bits per heavy atom. The average molecular weight is 282 g/mol. The Morgan fingerprint density at radius 2 is 2.10 bits per heavy atom. The van der Waals surface area contributed by atoms with E-state index in [9.17, 15) is 9.90 Å².